The molecule has 0 bridgehead atoms. The van der Waals surface area contributed by atoms with E-state index >= 15 is 0 Å². The summed E-state index contributed by atoms with van der Waals surface area (Å²) in [7, 11) is 1.59. The standard InChI is InChI=1S/C14H16BrN3O/c1-9-5-10(15)3-4-12(9)13(16)6-11-7-14(19-2)18-8-17-11/h3-5,7-8,13H,6,16H2,1-2H3. The first-order valence-corrected chi connectivity index (χ1v) is 6.76. The lowest BCUT2D eigenvalue weighted by Crippen LogP contribution is -2.15. The van der Waals surface area contributed by atoms with Gasteiger partial charge < -0.3 is 10.5 Å². The SMILES string of the molecule is COc1cc(CC(N)c2ccc(Br)cc2C)ncn1. The van der Waals surface area contributed by atoms with Crippen LogP contribution in [0.25, 0.3) is 0 Å². The van der Waals surface area contributed by atoms with Gasteiger partial charge in [0.2, 0.25) is 5.88 Å². The molecular formula is C14H16BrN3O. The van der Waals surface area contributed by atoms with Crippen LogP contribution in [0.4, 0.5) is 0 Å². The topological polar surface area (TPSA) is 61.0 Å². The maximum absolute atomic E-state index is 6.25. The molecule has 0 saturated carbocycles. The number of ether oxygens (including phenoxy) is 1. The largest absolute Gasteiger partial charge is 0.481 e. The van der Waals surface area contributed by atoms with Crippen molar-refractivity contribution in [2.45, 2.75) is 19.4 Å². The van der Waals surface area contributed by atoms with Gasteiger partial charge in [-0.15, -0.1) is 0 Å². The lowest BCUT2D eigenvalue weighted by molar-refractivity contribution is 0.395. The summed E-state index contributed by atoms with van der Waals surface area (Å²) in [5.74, 6) is 0.560. The van der Waals surface area contributed by atoms with E-state index in [2.05, 4.69) is 38.9 Å². The number of aromatic nitrogens is 2. The number of methoxy groups -OCH3 is 1. The molecule has 2 aromatic rings. The fourth-order valence-electron chi connectivity index (χ4n) is 1.99. The Hall–Kier alpha value is -1.46. The van der Waals surface area contributed by atoms with Gasteiger partial charge in [-0.1, -0.05) is 22.0 Å². The maximum atomic E-state index is 6.25. The highest BCUT2D eigenvalue weighted by molar-refractivity contribution is 9.10. The van der Waals surface area contributed by atoms with Crippen LogP contribution in [0, 0.1) is 6.92 Å². The third-order valence-electron chi connectivity index (χ3n) is 2.97. The predicted molar refractivity (Wildman–Crippen MR) is 78.1 cm³/mol. The molecule has 19 heavy (non-hydrogen) atoms. The first-order chi connectivity index (χ1) is 9.10. The van der Waals surface area contributed by atoms with E-state index in [1.807, 2.05) is 18.2 Å². The molecule has 0 spiro atoms. The van der Waals surface area contributed by atoms with Crippen LogP contribution < -0.4 is 10.5 Å². The van der Waals surface area contributed by atoms with E-state index in [4.69, 9.17) is 10.5 Å². The number of aryl methyl sites for hydroxylation is 1. The Morgan fingerprint density at radius 1 is 1.32 bits per heavy atom. The van der Waals surface area contributed by atoms with Gasteiger partial charge in [-0.05, 0) is 30.2 Å². The van der Waals surface area contributed by atoms with Gasteiger partial charge in [0.25, 0.3) is 0 Å². The minimum absolute atomic E-state index is 0.0901. The van der Waals surface area contributed by atoms with Gasteiger partial charge in [0.15, 0.2) is 0 Å². The molecule has 0 radical (unpaired) electrons. The van der Waals surface area contributed by atoms with E-state index in [9.17, 15) is 0 Å². The van der Waals surface area contributed by atoms with E-state index in [1.54, 1.807) is 7.11 Å². The van der Waals surface area contributed by atoms with E-state index < -0.39 is 0 Å². The van der Waals surface area contributed by atoms with Crippen molar-refractivity contribution in [3.8, 4) is 5.88 Å². The van der Waals surface area contributed by atoms with E-state index in [0.717, 1.165) is 15.7 Å². The smallest absolute Gasteiger partial charge is 0.216 e. The van der Waals surface area contributed by atoms with Crippen LogP contribution in [0.3, 0.4) is 0 Å². The highest BCUT2D eigenvalue weighted by Gasteiger charge is 2.11. The molecule has 0 aliphatic rings. The van der Waals surface area contributed by atoms with Gasteiger partial charge in [0, 0.05) is 28.7 Å². The number of nitrogens with two attached hydrogens (primary N) is 1. The lowest BCUT2D eigenvalue weighted by atomic mass is 9.98. The van der Waals surface area contributed by atoms with Crippen molar-refractivity contribution < 1.29 is 4.74 Å². The summed E-state index contributed by atoms with van der Waals surface area (Å²) in [6.07, 6.45) is 2.15. The third kappa shape index (κ3) is 3.52. The Morgan fingerprint density at radius 2 is 2.11 bits per heavy atom. The molecule has 1 unspecified atom stereocenters. The third-order valence-corrected chi connectivity index (χ3v) is 3.46. The van der Waals surface area contributed by atoms with Crippen molar-refractivity contribution in [3.05, 3.63) is 51.9 Å². The Labute approximate surface area is 121 Å². The average molecular weight is 322 g/mol. The molecule has 2 rings (SSSR count). The van der Waals surface area contributed by atoms with Crippen molar-refractivity contribution in [2.24, 2.45) is 5.73 Å². The molecule has 1 atom stereocenters. The zero-order valence-corrected chi connectivity index (χ0v) is 12.5. The summed E-state index contributed by atoms with van der Waals surface area (Å²) in [6, 6.07) is 7.84. The van der Waals surface area contributed by atoms with Crippen molar-refractivity contribution in [3.63, 3.8) is 0 Å². The molecule has 0 aliphatic carbocycles. The van der Waals surface area contributed by atoms with E-state index in [0.29, 0.717) is 12.3 Å². The summed E-state index contributed by atoms with van der Waals surface area (Å²) < 4.78 is 6.14. The minimum atomic E-state index is -0.0901. The lowest BCUT2D eigenvalue weighted by Gasteiger charge is -2.14. The molecule has 5 heteroatoms. The number of hydrogen-bond donors (Lipinski definition) is 1. The normalized spacial score (nSPS) is 12.2. The molecule has 1 aromatic heterocycles. The number of halogens is 1. The van der Waals surface area contributed by atoms with E-state index in [-0.39, 0.29) is 6.04 Å². The molecule has 0 fully saturated rings. The van der Waals surface area contributed by atoms with Crippen molar-refractivity contribution in [1.82, 2.24) is 9.97 Å². The Kier molecular flexibility index (Phi) is 4.50. The zero-order chi connectivity index (χ0) is 13.8. The summed E-state index contributed by atoms with van der Waals surface area (Å²) in [5.41, 5.74) is 9.42. The second-order valence-corrected chi connectivity index (χ2v) is 5.28. The van der Waals surface area contributed by atoms with Crippen LogP contribution in [0.15, 0.2) is 35.1 Å². The molecule has 0 saturated heterocycles. The Bertz CT molecular complexity index is 574. The first kappa shape index (κ1) is 14.0. The van der Waals surface area contributed by atoms with Crippen molar-refractivity contribution >= 4 is 15.9 Å². The van der Waals surface area contributed by atoms with Crippen LogP contribution in [0.1, 0.15) is 22.9 Å². The van der Waals surface area contributed by atoms with Crippen LogP contribution in [-0.4, -0.2) is 17.1 Å². The van der Waals surface area contributed by atoms with Crippen LogP contribution in [-0.2, 0) is 6.42 Å². The Morgan fingerprint density at radius 3 is 2.79 bits per heavy atom. The molecule has 4 nitrogen and oxygen atoms in total. The van der Waals surface area contributed by atoms with Crippen molar-refractivity contribution in [1.29, 1.82) is 0 Å². The van der Waals surface area contributed by atoms with Gasteiger partial charge in [-0.2, -0.15) is 0 Å². The van der Waals surface area contributed by atoms with Crippen LogP contribution >= 0.6 is 15.9 Å². The van der Waals surface area contributed by atoms with Gasteiger partial charge in [0.05, 0.1) is 7.11 Å². The van der Waals surface area contributed by atoms with Crippen LogP contribution in [0.2, 0.25) is 0 Å². The summed E-state index contributed by atoms with van der Waals surface area (Å²) >= 11 is 3.45. The fraction of sp³-hybridized carbons (Fsp3) is 0.286. The number of benzene rings is 1. The summed E-state index contributed by atoms with van der Waals surface area (Å²) in [5, 5.41) is 0. The molecule has 1 aromatic carbocycles. The van der Waals surface area contributed by atoms with Gasteiger partial charge in [0.1, 0.15) is 6.33 Å². The van der Waals surface area contributed by atoms with E-state index in [1.165, 1.54) is 11.9 Å². The number of hydrogen-bond acceptors (Lipinski definition) is 4. The highest BCUT2D eigenvalue weighted by Crippen LogP contribution is 2.23. The molecule has 1 heterocycles. The number of nitrogens with zero attached hydrogens (tertiary/aromatic N) is 2. The Balaban J connectivity index is 2.17. The fourth-order valence-corrected chi connectivity index (χ4v) is 2.47. The predicted octanol–water partition coefficient (Wildman–Crippen LogP) is 2.80. The molecule has 0 amide bonds. The molecule has 100 valence electrons. The van der Waals surface area contributed by atoms with Crippen molar-refractivity contribution in [2.75, 3.05) is 7.11 Å². The second-order valence-electron chi connectivity index (χ2n) is 4.36. The first-order valence-electron chi connectivity index (χ1n) is 5.96. The molecule has 2 N–H and O–H groups in total. The highest BCUT2D eigenvalue weighted by atomic mass is 79.9. The molecule has 0 aliphatic heterocycles. The van der Waals surface area contributed by atoms with Crippen LogP contribution in [0.5, 0.6) is 5.88 Å². The molecular weight excluding hydrogens is 306 g/mol. The van der Waals surface area contributed by atoms with Gasteiger partial charge in [-0.25, -0.2) is 9.97 Å². The second kappa shape index (κ2) is 6.12. The number of rotatable bonds is 4. The maximum Gasteiger partial charge on any atom is 0.216 e. The quantitative estimate of drug-likeness (QED) is 0.940. The summed E-state index contributed by atoms with van der Waals surface area (Å²) in [6.45, 7) is 2.06. The zero-order valence-electron chi connectivity index (χ0n) is 10.9. The minimum Gasteiger partial charge on any atom is -0.481 e. The van der Waals surface area contributed by atoms with Gasteiger partial charge >= 0.3 is 0 Å². The monoisotopic (exact) mass is 321 g/mol. The average Bonchev–Trinajstić information content (AvgIpc) is 2.38. The van der Waals surface area contributed by atoms with Gasteiger partial charge in [-0.3, -0.25) is 0 Å². The summed E-state index contributed by atoms with van der Waals surface area (Å²) in [4.78, 5) is 8.21.